The number of aromatic amines is 1. The minimum Gasteiger partial charge on any atom is -0.495 e. The molecule has 3 aromatic carbocycles. The monoisotopic (exact) mass is 483 g/mol. The number of halogens is 1. The number of nitrogens with zero attached hydrogens (tertiary/aromatic N) is 1. The fourth-order valence-corrected chi connectivity index (χ4v) is 4.72. The number of H-pyrrole nitrogens is 1. The van der Waals surface area contributed by atoms with E-state index in [0.29, 0.717) is 33.1 Å². The summed E-state index contributed by atoms with van der Waals surface area (Å²) in [6.07, 6.45) is 2.22. The number of methoxy groups -OCH3 is 1. The molecular formula is C23H18ClN3O5S. The molecule has 3 N–H and O–H groups in total. The van der Waals surface area contributed by atoms with Crippen molar-refractivity contribution in [2.45, 2.75) is 4.90 Å². The van der Waals surface area contributed by atoms with Gasteiger partial charge in [0.1, 0.15) is 16.5 Å². The van der Waals surface area contributed by atoms with Crippen molar-refractivity contribution in [3.63, 3.8) is 0 Å². The van der Waals surface area contributed by atoms with Crippen LogP contribution in [-0.2, 0) is 14.8 Å². The Hall–Kier alpha value is -3.82. The first-order valence-corrected chi connectivity index (χ1v) is 11.5. The molecule has 0 spiro atoms. The average Bonchev–Trinajstić information content (AvgIpc) is 3.20. The van der Waals surface area contributed by atoms with E-state index in [-0.39, 0.29) is 10.6 Å². The van der Waals surface area contributed by atoms with Gasteiger partial charge in [0, 0.05) is 11.6 Å². The molecule has 4 rings (SSSR count). The van der Waals surface area contributed by atoms with Crippen molar-refractivity contribution in [2.24, 2.45) is 0 Å². The Morgan fingerprint density at radius 3 is 2.67 bits per heavy atom. The van der Waals surface area contributed by atoms with Crippen LogP contribution in [0.15, 0.2) is 71.6 Å². The zero-order valence-corrected chi connectivity index (χ0v) is 18.8. The van der Waals surface area contributed by atoms with Crippen molar-refractivity contribution in [2.75, 3.05) is 11.8 Å². The molecule has 0 aliphatic heterocycles. The molecule has 0 aliphatic rings. The van der Waals surface area contributed by atoms with E-state index < -0.39 is 16.0 Å². The van der Waals surface area contributed by atoms with Crippen molar-refractivity contribution < 1.29 is 23.1 Å². The second-order valence-electron chi connectivity index (χ2n) is 6.98. The van der Waals surface area contributed by atoms with E-state index in [9.17, 15) is 13.2 Å². The number of aliphatic carboxylic acids is 1. The van der Waals surface area contributed by atoms with Gasteiger partial charge in [-0.1, -0.05) is 29.8 Å². The molecule has 0 aliphatic carbocycles. The van der Waals surface area contributed by atoms with Crippen molar-refractivity contribution in [3.8, 4) is 17.1 Å². The first-order valence-electron chi connectivity index (χ1n) is 9.63. The van der Waals surface area contributed by atoms with Gasteiger partial charge in [-0.2, -0.15) is 0 Å². The maximum absolute atomic E-state index is 13.1. The molecule has 1 heterocycles. The fourth-order valence-electron chi connectivity index (χ4n) is 3.24. The zero-order chi connectivity index (χ0) is 23.6. The number of carboxylic acid groups (broad SMARTS) is 1. The van der Waals surface area contributed by atoms with Crippen LogP contribution < -0.4 is 9.46 Å². The number of carboxylic acids is 1. The number of ether oxygens (including phenoxy) is 1. The lowest BCUT2D eigenvalue weighted by Gasteiger charge is -2.12. The van der Waals surface area contributed by atoms with Crippen LogP contribution in [0.25, 0.3) is 28.5 Å². The summed E-state index contributed by atoms with van der Waals surface area (Å²) in [7, 11) is -2.69. The number of imidazole rings is 1. The van der Waals surface area contributed by atoms with Crippen molar-refractivity contribution >= 4 is 50.4 Å². The van der Waals surface area contributed by atoms with Crippen molar-refractivity contribution in [1.29, 1.82) is 0 Å². The number of anilines is 1. The van der Waals surface area contributed by atoms with E-state index >= 15 is 0 Å². The Morgan fingerprint density at radius 2 is 1.94 bits per heavy atom. The maximum Gasteiger partial charge on any atom is 0.328 e. The van der Waals surface area contributed by atoms with Gasteiger partial charge in [0.05, 0.1) is 28.9 Å². The molecule has 8 nitrogen and oxygen atoms in total. The first-order chi connectivity index (χ1) is 15.8. The number of carbonyl (C=O) groups is 1. The molecule has 0 amide bonds. The van der Waals surface area contributed by atoms with Gasteiger partial charge in [-0.15, -0.1) is 0 Å². The number of hydrogen-bond donors (Lipinski definition) is 3. The van der Waals surface area contributed by atoms with Crippen LogP contribution in [0.1, 0.15) is 5.56 Å². The highest BCUT2D eigenvalue weighted by Gasteiger charge is 2.21. The minimum absolute atomic E-state index is 0.124. The van der Waals surface area contributed by atoms with Crippen LogP contribution in [0.2, 0.25) is 5.02 Å². The number of sulfonamides is 1. The van der Waals surface area contributed by atoms with E-state index in [2.05, 4.69) is 14.7 Å². The van der Waals surface area contributed by atoms with Gasteiger partial charge in [0.25, 0.3) is 10.0 Å². The lowest BCUT2D eigenvalue weighted by molar-refractivity contribution is -0.131. The van der Waals surface area contributed by atoms with Gasteiger partial charge < -0.3 is 14.8 Å². The molecule has 0 atom stereocenters. The third-order valence-electron chi connectivity index (χ3n) is 4.76. The van der Waals surface area contributed by atoms with Crippen LogP contribution in [0.4, 0.5) is 5.69 Å². The van der Waals surface area contributed by atoms with Crippen LogP contribution in [-0.4, -0.2) is 36.6 Å². The van der Waals surface area contributed by atoms with E-state index in [4.69, 9.17) is 21.4 Å². The summed E-state index contributed by atoms with van der Waals surface area (Å²) in [6.45, 7) is 0. The Bertz CT molecular complexity index is 1500. The summed E-state index contributed by atoms with van der Waals surface area (Å²) in [5.74, 6) is -0.453. The first kappa shape index (κ1) is 22.4. The van der Waals surface area contributed by atoms with E-state index in [1.165, 1.54) is 25.3 Å². The molecule has 0 bridgehead atoms. The van der Waals surface area contributed by atoms with Crippen molar-refractivity contribution in [3.05, 3.63) is 77.3 Å². The van der Waals surface area contributed by atoms with E-state index in [0.717, 1.165) is 11.6 Å². The van der Waals surface area contributed by atoms with Crippen LogP contribution in [0.5, 0.6) is 5.75 Å². The number of fused-ring (bicyclic) bond motifs is 1. The molecule has 0 saturated carbocycles. The van der Waals surface area contributed by atoms with Crippen LogP contribution in [0, 0.1) is 0 Å². The Kier molecular flexibility index (Phi) is 6.08. The minimum atomic E-state index is -4.05. The molecular weight excluding hydrogens is 466 g/mol. The number of nitrogens with one attached hydrogen (secondary N) is 2. The topological polar surface area (TPSA) is 121 Å². The normalized spacial score (nSPS) is 11.7. The lowest BCUT2D eigenvalue weighted by atomic mass is 10.2. The molecule has 168 valence electrons. The number of benzene rings is 3. The van der Waals surface area contributed by atoms with Gasteiger partial charge in [-0.3, -0.25) is 4.72 Å². The highest BCUT2D eigenvalue weighted by atomic mass is 35.5. The maximum atomic E-state index is 13.1. The van der Waals surface area contributed by atoms with Gasteiger partial charge in [0.2, 0.25) is 0 Å². The Morgan fingerprint density at radius 1 is 1.15 bits per heavy atom. The molecule has 0 unspecified atom stereocenters. The van der Waals surface area contributed by atoms with Crippen LogP contribution >= 0.6 is 11.6 Å². The quantitative estimate of drug-likeness (QED) is 0.325. The predicted molar refractivity (Wildman–Crippen MR) is 127 cm³/mol. The third-order valence-corrected chi connectivity index (χ3v) is 6.49. The molecule has 0 saturated heterocycles. The summed E-state index contributed by atoms with van der Waals surface area (Å²) in [4.78, 5) is 18.3. The Balaban J connectivity index is 1.68. The fraction of sp³-hybridized carbons (Fsp3) is 0.0435. The summed E-state index contributed by atoms with van der Waals surface area (Å²) >= 11 is 6.25. The smallest absolute Gasteiger partial charge is 0.328 e. The van der Waals surface area contributed by atoms with Gasteiger partial charge in [-0.25, -0.2) is 18.2 Å². The standard InChI is InChI=1S/C23H18ClN3O5S/c1-32-20-10-6-14(7-11-22(28)29)12-21(20)33(30,31)27-15-8-9-18-19(13-15)26-23(25-18)16-4-2-3-5-17(16)24/h2-13,27H,1H3,(H,25,26)(H,28,29)/b11-7+. The SMILES string of the molecule is COc1ccc(/C=C/C(=O)O)cc1S(=O)(=O)Nc1ccc2nc(-c3ccccc3Cl)[nH]c2c1. The summed E-state index contributed by atoms with van der Waals surface area (Å²) in [5, 5.41) is 9.36. The van der Waals surface area contributed by atoms with E-state index in [1.807, 2.05) is 18.2 Å². The molecule has 10 heteroatoms. The highest BCUT2D eigenvalue weighted by molar-refractivity contribution is 7.92. The van der Waals surface area contributed by atoms with Crippen LogP contribution in [0.3, 0.4) is 0 Å². The number of aromatic nitrogens is 2. The molecule has 4 aromatic rings. The number of hydrogen-bond acceptors (Lipinski definition) is 5. The largest absolute Gasteiger partial charge is 0.495 e. The lowest BCUT2D eigenvalue weighted by Crippen LogP contribution is -2.14. The predicted octanol–water partition coefficient (Wildman–Crippen LogP) is 4.79. The number of rotatable bonds is 7. The molecule has 1 aromatic heterocycles. The Labute approximate surface area is 194 Å². The zero-order valence-electron chi connectivity index (χ0n) is 17.2. The second-order valence-corrected chi connectivity index (χ2v) is 9.04. The average molecular weight is 484 g/mol. The highest BCUT2D eigenvalue weighted by Crippen LogP contribution is 2.30. The second kappa shape index (κ2) is 8.97. The van der Waals surface area contributed by atoms with E-state index in [1.54, 1.807) is 30.3 Å². The summed E-state index contributed by atoms with van der Waals surface area (Å²) in [5.41, 5.74) is 2.70. The van der Waals surface area contributed by atoms with Crippen molar-refractivity contribution in [1.82, 2.24) is 9.97 Å². The molecule has 0 radical (unpaired) electrons. The molecule has 33 heavy (non-hydrogen) atoms. The summed E-state index contributed by atoms with van der Waals surface area (Å²) in [6, 6.07) is 16.5. The molecule has 0 fully saturated rings. The van der Waals surface area contributed by atoms with Gasteiger partial charge >= 0.3 is 5.97 Å². The summed E-state index contributed by atoms with van der Waals surface area (Å²) < 4.78 is 33.9. The third kappa shape index (κ3) is 4.84. The van der Waals surface area contributed by atoms with Gasteiger partial charge in [-0.05, 0) is 54.1 Å². The van der Waals surface area contributed by atoms with Gasteiger partial charge in [0.15, 0.2) is 0 Å².